The zero-order chi connectivity index (χ0) is 15.5. The zero-order valence-electron chi connectivity index (χ0n) is 11.6. The van der Waals surface area contributed by atoms with E-state index in [1.54, 1.807) is 11.6 Å². The summed E-state index contributed by atoms with van der Waals surface area (Å²) in [6.07, 6.45) is 0. The van der Waals surface area contributed by atoms with Crippen LogP contribution in [-0.2, 0) is 0 Å². The largest absolute Gasteiger partial charge is 0.214 e. The van der Waals surface area contributed by atoms with Crippen molar-refractivity contribution in [2.75, 3.05) is 0 Å². The van der Waals surface area contributed by atoms with Crippen molar-refractivity contribution in [1.82, 2.24) is 20.2 Å². The van der Waals surface area contributed by atoms with Crippen molar-refractivity contribution in [1.29, 1.82) is 0 Å². The van der Waals surface area contributed by atoms with Crippen molar-refractivity contribution in [2.24, 2.45) is 0 Å². The van der Waals surface area contributed by atoms with Gasteiger partial charge in [-0.15, -0.1) is 5.10 Å². The lowest BCUT2D eigenvalue weighted by molar-refractivity contribution is 0.586. The fraction of sp³-hybridized carbons (Fsp3) is 0.133. The van der Waals surface area contributed by atoms with Crippen LogP contribution in [-0.4, -0.2) is 20.2 Å². The molecule has 3 rings (SSSR count). The van der Waals surface area contributed by atoms with E-state index < -0.39 is 11.6 Å². The Morgan fingerprint density at radius 2 is 1.86 bits per heavy atom. The number of tetrazole rings is 1. The second-order valence-electron chi connectivity index (χ2n) is 4.63. The molecule has 0 aliphatic carbocycles. The van der Waals surface area contributed by atoms with Crippen molar-refractivity contribution in [3.8, 4) is 5.69 Å². The van der Waals surface area contributed by atoms with E-state index in [-0.39, 0.29) is 10.8 Å². The summed E-state index contributed by atoms with van der Waals surface area (Å²) in [5.41, 5.74) is 1.09. The monoisotopic (exact) mass is 318 g/mol. The summed E-state index contributed by atoms with van der Waals surface area (Å²) in [5.74, 6) is -0.911. The highest BCUT2D eigenvalue weighted by Crippen LogP contribution is 2.35. The van der Waals surface area contributed by atoms with Crippen LogP contribution >= 0.6 is 11.8 Å². The third kappa shape index (κ3) is 2.99. The number of rotatable bonds is 4. The van der Waals surface area contributed by atoms with Crippen LogP contribution in [0, 0.1) is 11.6 Å². The summed E-state index contributed by atoms with van der Waals surface area (Å²) < 4.78 is 28.7. The van der Waals surface area contributed by atoms with Crippen LogP contribution in [0.2, 0.25) is 0 Å². The minimum Gasteiger partial charge on any atom is -0.207 e. The molecule has 0 amide bonds. The summed E-state index contributed by atoms with van der Waals surface area (Å²) >= 11 is 1.27. The van der Waals surface area contributed by atoms with E-state index in [4.69, 9.17) is 0 Å². The van der Waals surface area contributed by atoms with Gasteiger partial charge in [-0.05, 0) is 47.7 Å². The molecule has 1 atom stereocenters. The number of para-hydroxylation sites is 1. The van der Waals surface area contributed by atoms with E-state index in [0.717, 1.165) is 17.8 Å². The predicted octanol–water partition coefficient (Wildman–Crippen LogP) is 3.79. The summed E-state index contributed by atoms with van der Waals surface area (Å²) in [7, 11) is 0. The summed E-state index contributed by atoms with van der Waals surface area (Å²) in [4.78, 5) is 0. The van der Waals surface area contributed by atoms with E-state index in [1.165, 1.54) is 17.8 Å². The van der Waals surface area contributed by atoms with Gasteiger partial charge >= 0.3 is 0 Å². The molecule has 0 radical (unpaired) electrons. The molecule has 0 saturated carbocycles. The minimum atomic E-state index is -0.466. The van der Waals surface area contributed by atoms with Crippen molar-refractivity contribution in [2.45, 2.75) is 17.3 Å². The van der Waals surface area contributed by atoms with E-state index in [0.29, 0.717) is 5.16 Å². The van der Waals surface area contributed by atoms with Gasteiger partial charge in [-0.25, -0.2) is 8.78 Å². The van der Waals surface area contributed by atoms with Crippen LogP contribution in [0.15, 0.2) is 53.7 Å². The average Bonchev–Trinajstić information content (AvgIpc) is 2.98. The Morgan fingerprint density at radius 1 is 1.09 bits per heavy atom. The summed E-state index contributed by atoms with van der Waals surface area (Å²) in [6.45, 7) is 1.78. The number of hydrogen-bond acceptors (Lipinski definition) is 4. The van der Waals surface area contributed by atoms with Crippen LogP contribution in [0.1, 0.15) is 17.7 Å². The van der Waals surface area contributed by atoms with Crippen LogP contribution in [0.25, 0.3) is 5.69 Å². The molecule has 0 aliphatic rings. The molecule has 1 unspecified atom stereocenters. The fourth-order valence-corrected chi connectivity index (χ4v) is 2.98. The third-order valence-corrected chi connectivity index (χ3v) is 4.19. The highest BCUT2D eigenvalue weighted by Gasteiger charge is 2.18. The predicted molar refractivity (Wildman–Crippen MR) is 79.8 cm³/mol. The van der Waals surface area contributed by atoms with E-state index in [2.05, 4.69) is 15.5 Å². The molecule has 0 saturated heterocycles. The van der Waals surface area contributed by atoms with Gasteiger partial charge in [0.25, 0.3) is 0 Å². The topological polar surface area (TPSA) is 43.6 Å². The highest BCUT2D eigenvalue weighted by molar-refractivity contribution is 7.99. The van der Waals surface area contributed by atoms with Crippen LogP contribution in [0.4, 0.5) is 8.78 Å². The molecular formula is C15H12F2N4S. The van der Waals surface area contributed by atoms with Gasteiger partial charge in [0.1, 0.15) is 11.6 Å². The standard InChI is InChI=1S/C15H12F2N4S/c1-10(13-9-11(16)7-8-14(13)17)22-15-18-19-20-21(15)12-5-3-2-4-6-12/h2-10H,1H3. The van der Waals surface area contributed by atoms with E-state index >= 15 is 0 Å². The molecule has 0 bridgehead atoms. The molecular weight excluding hydrogens is 306 g/mol. The first-order chi connectivity index (χ1) is 10.6. The summed E-state index contributed by atoms with van der Waals surface area (Å²) in [6, 6.07) is 12.8. The normalized spacial score (nSPS) is 12.3. The maximum Gasteiger partial charge on any atom is 0.214 e. The van der Waals surface area contributed by atoms with Gasteiger partial charge in [0, 0.05) is 10.8 Å². The van der Waals surface area contributed by atoms with E-state index in [9.17, 15) is 8.78 Å². The van der Waals surface area contributed by atoms with Gasteiger partial charge in [-0.2, -0.15) is 4.68 Å². The number of benzene rings is 2. The Hall–Kier alpha value is -2.28. The van der Waals surface area contributed by atoms with Gasteiger partial charge in [0.15, 0.2) is 0 Å². The summed E-state index contributed by atoms with van der Waals surface area (Å²) in [5, 5.41) is 11.7. The van der Waals surface area contributed by atoms with Crippen LogP contribution < -0.4 is 0 Å². The first-order valence-corrected chi connectivity index (χ1v) is 7.48. The van der Waals surface area contributed by atoms with Crippen LogP contribution in [0.5, 0.6) is 0 Å². The molecule has 7 heteroatoms. The van der Waals surface area contributed by atoms with E-state index in [1.807, 2.05) is 30.3 Å². The Morgan fingerprint density at radius 3 is 2.64 bits per heavy atom. The molecule has 0 aliphatic heterocycles. The zero-order valence-corrected chi connectivity index (χ0v) is 12.5. The molecule has 0 spiro atoms. The van der Waals surface area contributed by atoms with Crippen molar-refractivity contribution >= 4 is 11.8 Å². The van der Waals surface area contributed by atoms with Crippen molar-refractivity contribution in [3.05, 3.63) is 65.7 Å². The molecule has 1 aromatic heterocycles. The number of halogens is 2. The van der Waals surface area contributed by atoms with Gasteiger partial charge in [-0.1, -0.05) is 30.0 Å². The Kier molecular flexibility index (Phi) is 4.15. The molecule has 3 aromatic rings. The second-order valence-corrected chi connectivity index (χ2v) is 5.94. The SMILES string of the molecule is CC(Sc1nnnn1-c1ccccc1)c1cc(F)ccc1F. The Bertz CT molecular complexity index is 776. The average molecular weight is 318 g/mol. The third-order valence-electron chi connectivity index (χ3n) is 3.12. The molecule has 0 N–H and O–H groups in total. The maximum absolute atomic E-state index is 13.8. The van der Waals surface area contributed by atoms with Crippen molar-refractivity contribution < 1.29 is 8.78 Å². The Balaban J connectivity index is 1.88. The molecule has 112 valence electrons. The van der Waals surface area contributed by atoms with Gasteiger partial charge in [0.05, 0.1) is 5.69 Å². The number of aromatic nitrogens is 4. The molecule has 1 heterocycles. The van der Waals surface area contributed by atoms with Crippen LogP contribution in [0.3, 0.4) is 0 Å². The van der Waals surface area contributed by atoms with Gasteiger partial charge in [0.2, 0.25) is 5.16 Å². The number of thioether (sulfide) groups is 1. The lowest BCUT2D eigenvalue weighted by atomic mass is 10.1. The first kappa shape index (κ1) is 14.6. The second kappa shape index (κ2) is 6.23. The molecule has 22 heavy (non-hydrogen) atoms. The van der Waals surface area contributed by atoms with Gasteiger partial charge < -0.3 is 0 Å². The minimum absolute atomic E-state index is 0.285. The maximum atomic E-state index is 13.8. The lowest BCUT2D eigenvalue weighted by Gasteiger charge is -2.12. The van der Waals surface area contributed by atoms with Gasteiger partial charge in [-0.3, -0.25) is 0 Å². The fourth-order valence-electron chi connectivity index (χ4n) is 2.03. The molecule has 4 nitrogen and oxygen atoms in total. The highest BCUT2D eigenvalue weighted by atomic mass is 32.2. The Labute approximate surface area is 130 Å². The smallest absolute Gasteiger partial charge is 0.207 e. The molecule has 0 fully saturated rings. The van der Waals surface area contributed by atoms with Crippen molar-refractivity contribution in [3.63, 3.8) is 0 Å². The molecule has 2 aromatic carbocycles. The quantitative estimate of drug-likeness (QED) is 0.686. The number of hydrogen-bond donors (Lipinski definition) is 0. The number of nitrogens with zero attached hydrogens (tertiary/aromatic N) is 4. The first-order valence-electron chi connectivity index (χ1n) is 6.60. The lowest BCUT2D eigenvalue weighted by Crippen LogP contribution is -2.01.